The van der Waals surface area contributed by atoms with E-state index in [0.717, 1.165) is 6.42 Å². The average molecular weight is 327 g/mol. The Hall–Kier alpha value is -1.59. The Labute approximate surface area is 136 Å². The van der Waals surface area contributed by atoms with E-state index in [2.05, 4.69) is 24.5 Å². The van der Waals surface area contributed by atoms with E-state index in [1.54, 1.807) is 31.2 Å². The van der Waals surface area contributed by atoms with Gasteiger partial charge in [0.1, 0.15) is 0 Å². The Morgan fingerprint density at radius 1 is 1.32 bits per heavy atom. The highest BCUT2D eigenvalue weighted by Gasteiger charge is 2.23. The summed E-state index contributed by atoms with van der Waals surface area (Å²) < 4.78 is 0. The molecule has 0 heterocycles. The van der Waals surface area contributed by atoms with E-state index in [1.807, 2.05) is 0 Å². The van der Waals surface area contributed by atoms with E-state index < -0.39 is 17.4 Å². The number of anilines is 1. The van der Waals surface area contributed by atoms with Crippen molar-refractivity contribution in [2.75, 3.05) is 11.9 Å². The lowest BCUT2D eigenvalue weighted by molar-refractivity contribution is -0.136. The van der Waals surface area contributed by atoms with Crippen LogP contribution in [0, 0.1) is 5.92 Å². The van der Waals surface area contributed by atoms with Crippen LogP contribution in [0.1, 0.15) is 33.6 Å². The van der Waals surface area contributed by atoms with Gasteiger partial charge in [0.15, 0.2) is 0 Å². The van der Waals surface area contributed by atoms with Gasteiger partial charge in [-0.15, -0.1) is 0 Å². The molecule has 0 spiro atoms. The van der Waals surface area contributed by atoms with Gasteiger partial charge in [-0.25, -0.2) is 0 Å². The van der Waals surface area contributed by atoms with Gasteiger partial charge < -0.3 is 15.7 Å². The van der Waals surface area contributed by atoms with Crippen LogP contribution in [-0.4, -0.2) is 29.1 Å². The molecule has 5 nitrogen and oxygen atoms in total. The fourth-order valence-corrected chi connectivity index (χ4v) is 1.98. The summed E-state index contributed by atoms with van der Waals surface area (Å²) in [5.74, 6) is -1.11. The van der Waals surface area contributed by atoms with Crippen molar-refractivity contribution in [3.05, 3.63) is 29.3 Å². The molecule has 6 heteroatoms. The third-order valence-electron chi connectivity index (χ3n) is 3.18. The van der Waals surface area contributed by atoms with Crippen LogP contribution in [0.2, 0.25) is 5.02 Å². The molecule has 122 valence electrons. The summed E-state index contributed by atoms with van der Waals surface area (Å²) in [5, 5.41) is 15.5. The van der Waals surface area contributed by atoms with Gasteiger partial charge in [-0.1, -0.05) is 31.5 Å². The zero-order chi connectivity index (χ0) is 16.8. The van der Waals surface area contributed by atoms with Crippen LogP contribution >= 0.6 is 11.6 Å². The normalized spacial score (nSPS) is 13.5. The molecular weight excluding hydrogens is 304 g/mol. The number of carbonyl (C=O) groups excluding carboxylic acids is 2. The fraction of sp³-hybridized carbons (Fsp3) is 0.500. The van der Waals surface area contributed by atoms with Crippen molar-refractivity contribution in [2.24, 2.45) is 5.92 Å². The minimum absolute atomic E-state index is 0.0293. The van der Waals surface area contributed by atoms with Gasteiger partial charge >= 0.3 is 11.8 Å². The largest absolute Gasteiger partial charge is 0.388 e. The van der Waals surface area contributed by atoms with E-state index in [4.69, 9.17) is 11.6 Å². The molecule has 1 rings (SSSR count). The van der Waals surface area contributed by atoms with E-state index in [-0.39, 0.29) is 6.54 Å². The SMILES string of the molecule is CC(C)CCC(C)(O)CNC(=O)C(=O)Nc1cccc(Cl)c1. The van der Waals surface area contributed by atoms with Crippen molar-refractivity contribution in [3.8, 4) is 0 Å². The molecule has 0 radical (unpaired) electrons. The summed E-state index contributed by atoms with van der Waals surface area (Å²) in [6.07, 6.45) is 1.40. The van der Waals surface area contributed by atoms with Crippen LogP contribution in [0.15, 0.2) is 24.3 Å². The van der Waals surface area contributed by atoms with Crippen molar-refractivity contribution in [1.29, 1.82) is 0 Å². The number of hydrogen-bond donors (Lipinski definition) is 3. The lowest BCUT2D eigenvalue weighted by atomic mass is 9.95. The smallest absolute Gasteiger partial charge is 0.313 e. The second-order valence-corrected chi connectivity index (χ2v) is 6.51. The van der Waals surface area contributed by atoms with E-state index in [9.17, 15) is 14.7 Å². The molecule has 1 atom stereocenters. The molecule has 0 aliphatic rings. The third-order valence-corrected chi connectivity index (χ3v) is 3.41. The average Bonchev–Trinajstić information content (AvgIpc) is 2.43. The molecule has 3 N–H and O–H groups in total. The number of benzene rings is 1. The molecule has 1 aromatic rings. The van der Waals surface area contributed by atoms with Gasteiger partial charge in [-0.05, 0) is 43.9 Å². The summed E-state index contributed by atoms with van der Waals surface area (Å²) in [6.45, 7) is 5.80. The first kappa shape index (κ1) is 18.5. The van der Waals surface area contributed by atoms with E-state index in [0.29, 0.717) is 23.0 Å². The molecular formula is C16H23ClN2O3. The number of carbonyl (C=O) groups is 2. The predicted molar refractivity (Wildman–Crippen MR) is 87.8 cm³/mol. The van der Waals surface area contributed by atoms with Crippen LogP contribution in [-0.2, 0) is 9.59 Å². The summed E-state index contributed by atoms with van der Waals surface area (Å²) in [5.41, 5.74) is -0.588. The quantitative estimate of drug-likeness (QED) is 0.703. The molecule has 0 fully saturated rings. The predicted octanol–water partition coefficient (Wildman–Crippen LogP) is 2.58. The topological polar surface area (TPSA) is 78.4 Å². The Bertz CT molecular complexity index is 530. The first-order chi connectivity index (χ1) is 10.2. The molecule has 0 saturated heterocycles. The first-order valence-corrected chi connectivity index (χ1v) is 7.64. The van der Waals surface area contributed by atoms with Crippen LogP contribution in [0.5, 0.6) is 0 Å². The summed E-state index contributed by atoms with van der Waals surface area (Å²) in [6, 6.07) is 6.52. The molecule has 0 aliphatic heterocycles. The maximum absolute atomic E-state index is 11.8. The maximum atomic E-state index is 11.8. The van der Waals surface area contributed by atoms with Gasteiger partial charge in [0.05, 0.1) is 5.60 Å². The van der Waals surface area contributed by atoms with E-state index in [1.165, 1.54) is 0 Å². The molecule has 0 aliphatic carbocycles. The minimum atomic E-state index is -1.03. The Morgan fingerprint density at radius 2 is 2.00 bits per heavy atom. The van der Waals surface area contributed by atoms with Gasteiger partial charge in [0.2, 0.25) is 0 Å². The third kappa shape index (κ3) is 6.91. The number of nitrogens with one attached hydrogen (secondary N) is 2. The molecule has 1 aromatic carbocycles. The van der Waals surface area contributed by atoms with Crippen molar-refractivity contribution in [1.82, 2.24) is 5.32 Å². The summed E-state index contributed by atoms with van der Waals surface area (Å²) >= 11 is 5.80. The van der Waals surface area contributed by atoms with Crippen LogP contribution in [0.25, 0.3) is 0 Å². The molecule has 0 bridgehead atoms. The standard InChI is InChI=1S/C16H23ClN2O3/c1-11(2)7-8-16(3,22)10-18-14(20)15(21)19-13-6-4-5-12(17)9-13/h4-6,9,11,22H,7-8,10H2,1-3H3,(H,18,20)(H,19,21). The summed E-state index contributed by atoms with van der Waals surface area (Å²) in [7, 11) is 0. The molecule has 0 saturated carbocycles. The van der Waals surface area contributed by atoms with Crippen LogP contribution in [0.3, 0.4) is 0 Å². The lowest BCUT2D eigenvalue weighted by Crippen LogP contribution is -2.44. The molecule has 0 aromatic heterocycles. The number of halogens is 1. The Kier molecular flexibility index (Phi) is 6.84. The Morgan fingerprint density at radius 3 is 2.59 bits per heavy atom. The number of hydrogen-bond acceptors (Lipinski definition) is 3. The number of amides is 2. The van der Waals surface area contributed by atoms with Gasteiger partial charge in [0, 0.05) is 17.3 Å². The molecule has 1 unspecified atom stereocenters. The lowest BCUT2D eigenvalue weighted by Gasteiger charge is -2.24. The van der Waals surface area contributed by atoms with Crippen molar-refractivity contribution in [2.45, 2.75) is 39.2 Å². The highest BCUT2D eigenvalue weighted by atomic mass is 35.5. The van der Waals surface area contributed by atoms with E-state index >= 15 is 0 Å². The van der Waals surface area contributed by atoms with Crippen molar-refractivity contribution < 1.29 is 14.7 Å². The van der Waals surface area contributed by atoms with Crippen LogP contribution in [0.4, 0.5) is 5.69 Å². The summed E-state index contributed by atoms with van der Waals surface area (Å²) in [4.78, 5) is 23.5. The number of rotatable bonds is 6. The minimum Gasteiger partial charge on any atom is -0.388 e. The highest BCUT2D eigenvalue weighted by molar-refractivity contribution is 6.39. The van der Waals surface area contributed by atoms with Gasteiger partial charge in [-0.3, -0.25) is 9.59 Å². The van der Waals surface area contributed by atoms with Crippen molar-refractivity contribution >= 4 is 29.1 Å². The van der Waals surface area contributed by atoms with Gasteiger partial charge in [-0.2, -0.15) is 0 Å². The zero-order valence-corrected chi connectivity index (χ0v) is 13.9. The molecule has 2 amide bonds. The first-order valence-electron chi connectivity index (χ1n) is 7.27. The highest BCUT2D eigenvalue weighted by Crippen LogP contribution is 2.16. The second kappa shape index (κ2) is 8.15. The maximum Gasteiger partial charge on any atom is 0.313 e. The second-order valence-electron chi connectivity index (χ2n) is 6.08. The zero-order valence-electron chi connectivity index (χ0n) is 13.1. The molecule has 22 heavy (non-hydrogen) atoms. The van der Waals surface area contributed by atoms with Crippen molar-refractivity contribution in [3.63, 3.8) is 0 Å². The number of aliphatic hydroxyl groups is 1. The Balaban J connectivity index is 2.46. The fourth-order valence-electron chi connectivity index (χ4n) is 1.79. The monoisotopic (exact) mass is 326 g/mol. The van der Waals surface area contributed by atoms with Crippen LogP contribution < -0.4 is 10.6 Å². The van der Waals surface area contributed by atoms with Gasteiger partial charge in [0.25, 0.3) is 0 Å².